The summed E-state index contributed by atoms with van der Waals surface area (Å²) in [5, 5.41) is 12.3. The van der Waals surface area contributed by atoms with E-state index in [-0.39, 0.29) is 24.4 Å². The van der Waals surface area contributed by atoms with E-state index in [4.69, 9.17) is 10.5 Å². The van der Waals surface area contributed by atoms with E-state index < -0.39 is 64.6 Å². The number of fused-ring (bicyclic) bond motifs is 1. The first-order valence-corrected chi connectivity index (χ1v) is 16.9. The molecular weight excluding hydrogens is 598 g/mol. The molecule has 2 heterocycles. The van der Waals surface area contributed by atoms with Gasteiger partial charge in [-0.1, -0.05) is 52.9 Å². The van der Waals surface area contributed by atoms with Crippen LogP contribution in [-0.4, -0.2) is 70.6 Å². The van der Waals surface area contributed by atoms with Gasteiger partial charge < -0.3 is 31.3 Å². The van der Waals surface area contributed by atoms with Gasteiger partial charge in [-0.15, -0.1) is 0 Å². The summed E-state index contributed by atoms with van der Waals surface area (Å²) in [5.74, 6) is -2.99. The summed E-state index contributed by atoms with van der Waals surface area (Å²) in [6.07, 6.45) is 6.28. The summed E-state index contributed by atoms with van der Waals surface area (Å²) in [6, 6.07) is -1.63. The number of rotatable bonds is 12. The van der Waals surface area contributed by atoms with Gasteiger partial charge >= 0.3 is 12.0 Å². The fourth-order valence-electron chi connectivity index (χ4n) is 6.77. The standard InChI is InChI=1S/C32H45N5O7S/c1-31(2,3)25(35-30(43)36-32(10-5-4-6-11-32)29(42)44-16-19-9-12-45-17-19)28(41)37-15-20-14-21(20)23(37)27(40)34-22(13-18-7-8-18)24(38)26(33)39/h9,12,17-18,20-23,25H,4-8,10-11,13-16H2,1-3H3,(H2,33,39)(H,34,40)(H2,35,36,43)/t20-,21-,22?,23-,25+/m0/s1. The molecular formula is C32H45N5O7S. The molecule has 1 aliphatic heterocycles. The van der Waals surface area contributed by atoms with E-state index in [1.165, 1.54) is 16.2 Å². The van der Waals surface area contributed by atoms with Crippen LogP contribution in [0.3, 0.4) is 0 Å². The second-order valence-electron chi connectivity index (χ2n) is 14.3. The van der Waals surface area contributed by atoms with Crippen LogP contribution >= 0.6 is 11.3 Å². The lowest BCUT2D eigenvalue weighted by Gasteiger charge is -2.39. The zero-order valence-corrected chi connectivity index (χ0v) is 27.1. The second-order valence-corrected chi connectivity index (χ2v) is 15.1. The maximum atomic E-state index is 14.1. The van der Waals surface area contributed by atoms with Gasteiger partial charge in [0.2, 0.25) is 17.6 Å². The van der Waals surface area contributed by atoms with E-state index >= 15 is 0 Å². The molecule has 1 aromatic rings. The van der Waals surface area contributed by atoms with Gasteiger partial charge in [-0.3, -0.25) is 19.2 Å². The molecule has 5 amide bonds. The van der Waals surface area contributed by atoms with E-state index in [9.17, 15) is 28.8 Å². The van der Waals surface area contributed by atoms with Gasteiger partial charge in [-0.25, -0.2) is 9.59 Å². The Morgan fingerprint density at radius 1 is 1.09 bits per heavy atom. The molecule has 4 fully saturated rings. The number of nitrogens with one attached hydrogen (secondary N) is 3. The number of thiophene rings is 1. The van der Waals surface area contributed by atoms with Crippen molar-refractivity contribution in [2.75, 3.05) is 6.54 Å². The van der Waals surface area contributed by atoms with E-state index in [0.29, 0.717) is 25.8 Å². The monoisotopic (exact) mass is 643 g/mol. The lowest BCUT2D eigenvalue weighted by atomic mass is 9.81. The Morgan fingerprint density at radius 2 is 1.80 bits per heavy atom. The number of amides is 5. The highest BCUT2D eigenvalue weighted by Gasteiger charge is 2.58. The summed E-state index contributed by atoms with van der Waals surface area (Å²) in [6.45, 7) is 5.94. The highest BCUT2D eigenvalue weighted by Crippen LogP contribution is 2.50. The first-order valence-electron chi connectivity index (χ1n) is 16.0. The maximum Gasteiger partial charge on any atom is 0.332 e. The number of hydrogen-bond donors (Lipinski definition) is 4. The third kappa shape index (κ3) is 7.67. The van der Waals surface area contributed by atoms with Crippen molar-refractivity contribution in [1.29, 1.82) is 0 Å². The number of likely N-dealkylation sites (tertiary alicyclic amines) is 1. The summed E-state index contributed by atoms with van der Waals surface area (Å²) < 4.78 is 5.63. The quantitative estimate of drug-likeness (QED) is 0.200. The van der Waals surface area contributed by atoms with Crippen LogP contribution in [0.4, 0.5) is 4.79 Å². The number of ether oxygens (including phenoxy) is 1. The van der Waals surface area contributed by atoms with Gasteiger partial charge in [0.1, 0.15) is 24.2 Å². The molecule has 1 aromatic heterocycles. The molecule has 0 aromatic carbocycles. The maximum absolute atomic E-state index is 14.1. The number of carbonyl (C=O) groups is 6. The molecule has 45 heavy (non-hydrogen) atoms. The number of urea groups is 1. The minimum absolute atomic E-state index is 0.0582. The molecule has 0 bridgehead atoms. The minimum atomic E-state index is -1.20. The number of nitrogens with two attached hydrogens (primary N) is 1. The van der Waals surface area contributed by atoms with E-state index in [1.807, 2.05) is 37.6 Å². The van der Waals surface area contributed by atoms with Gasteiger partial charge in [0.25, 0.3) is 5.91 Å². The number of primary amides is 1. The zero-order valence-electron chi connectivity index (χ0n) is 26.3. The number of Topliss-reactive ketones (excluding diaryl/α,β-unsaturated/α-hetero) is 1. The van der Waals surface area contributed by atoms with Gasteiger partial charge in [-0.2, -0.15) is 11.3 Å². The van der Waals surface area contributed by atoms with Crippen molar-refractivity contribution in [2.45, 2.75) is 109 Å². The Labute approximate surface area is 267 Å². The van der Waals surface area contributed by atoms with Crippen molar-refractivity contribution in [3.8, 4) is 0 Å². The van der Waals surface area contributed by atoms with E-state index in [1.54, 1.807) is 0 Å². The van der Waals surface area contributed by atoms with E-state index in [0.717, 1.165) is 44.1 Å². The van der Waals surface area contributed by atoms with Gasteiger partial charge in [0.05, 0.1) is 6.04 Å². The molecule has 13 heteroatoms. The molecule has 4 aliphatic rings. The summed E-state index contributed by atoms with van der Waals surface area (Å²) in [5.41, 5.74) is 4.20. The lowest BCUT2D eigenvalue weighted by Crippen LogP contribution is -2.64. The van der Waals surface area contributed by atoms with Crippen molar-refractivity contribution < 1.29 is 33.5 Å². The SMILES string of the molecule is CC(C)(C)[C@H](NC(=O)NC1(C(=O)OCc2ccsc2)CCCCC1)C(=O)N1C[C@@H]2C[C@@H]2[C@H]1C(=O)NC(CC1CC1)C(=O)C(N)=O. The van der Waals surface area contributed by atoms with E-state index in [2.05, 4.69) is 16.0 Å². The zero-order chi connectivity index (χ0) is 32.5. The largest absolute Gasteiger partial charge is 0.459 e. The number of piperidine rings is 1. The van der Waals surface area contributed by atoms with Crippen LogP contribution < -0.4 is 21.7 Å². The van der Waals surface area contributed by atoms with Crippen LogP contribution in [0.25, 0.3) is 0 Å². The Kier molecular flexibility index (Phi) is 9.57. The summed E-state index contributed by atoms with van der Waals surface area (Å²) >= 11 is 1.51. The van der Waals surface area contributed by atoms with Crippen molar-refractivity contribution in [2.24, 2.45) is 28.9 Å². The molecule has 3 aliphatic carbocycles. The van der Waals surface area contributed by atoms with Crippen LogP contribution in [0.1, 0.15) is 84.1 Å². The molecule has 12 nitrogen and oxygen atoms in total. The average Bonchev–Trinajstić information content (AvgIpc) is 3.87. The highest BCUT2D eigenvalue weighted by atomic mass is 32.1. The van der Waals surface area contributed by atoms with Crippen molar-refractivity contribution >= 4 is 46.8 Å². The minimum Gasteiger partial charge on any atom is -0.459 e. The molecule has 5 atom stereocenters. The number of ketones is 1. The third-order valence-corrected chi connectivity index (χ3v) is 10.4. The Bertz CT molecular complexity index is 1320. The average molecular weight is 644 g/mol. The smallest absolute Gasteiger partial charge is 0.332 e. The first kappa shape index (κ1) is 32.9. The molecule has 0 spiro atoms. The number of esters is 1. The molecule has 5 N–H and O–H groups in total. The van der Waals surface area contributed by atoms with Gasteiger partial charge in [-0.05, 0) is 65.7 Å². The van der Waals surface area contributed by atoms with Crippen LogP contribution in [0.15, 0.2) is 16.8 Å². The molecule has 246 valence electrons. The Morgan fingerprint density at radius 3 is 2.40 bits per heavy atom. The van der Waals surface area contributed by atoms with Crippen molar-refractivity contribution in [1.82, 2.24) is 20.9 Å². The molecule has 1 saturated heterocycles. The molecule has 5 rings (SSSR count). The second kappa shape index (κ2) is 13.1. The fraction of sp³-hybridized carbons (Fsp3) is 0.688. The topological polar surface area (TPSA) is 177 Å². The van der Waals surface area contributed by atoms with Crippen LogP contribution in [0.5, 0.6) is 0 Å². The number of hydrogen-bond acceptors (Lipinski definition) is 8. The Hall–Kier alpha value is -3.48. The van der Waals surface area contributed by atoms with Crippen LogP contribution in [0.2, 0.25) is 0 Å². The summed E-state index contributed by atoms with van der Waals surface area (Å²) in [7, 11) is 0. The number of nitrogens with zero attached hydrogens (tertiary/aromatic N) is 1. The summed E-state index contributed by atoms with van der Waals surface area (Å²) in [4.78, 5) is 80.3. The molecule has 1 unspecified atom stereocenters. The van der Waals surface area contributed by atoms with Gasteiger partial charge in [0.15, 0.2) is 0 Å². The third-order valence-electron chi connectivity index (χ3n) is 9.63. The highest BCUT2D eigenvalue weighted by molar-refractivity contribution is 7.07. The van der Waals surface area contributed by atoms with Crippen molar-refractivity contribution in [3.63, 3.8) is 0 Å². The first-order chi connectivity index (χ1) is 21.3. The fourth-order valence-corrected chi connectivity index (χ4v) is 7.42. The Balaban J connectivity index is 1.28. The van der Waals surface area contributed by atoms with Crippen LogP contribution in [-0.2, 0) is 35.3 Å². The van der Waals surface area contributed by atoms with Crippen molar-refractivity contribution in [3.05, 3.63) is 22.4 Å². The lowest BCUT2D eigenvalue weighted by molar-refractivity contribution is -0.154. The predicted octanol–water partition coefficient (Wildman–Crippen LogP) is 2.39. The normalized spacial score (nSPS) is 24.9. The van der Waals surface area contributed by atoms with Gasteiger partial charge in [0, 0.05) is 12.1 Å². The van der Waals surface area contributed by atoms with Crippen LogP contribution in [0, 0.1) is 23.2 Å². The molecule has 3 saturated carbocycles. The number of carbonyl (C=O) groups excluding carboxylic acids is 6. The predicted molar refractivity (Wildman–Crippen MR) is 165 cm³/mol. The molecule has 0 radical (unpaired) electrons.